The van der Waals surface area contributed by atoms with Gasteiger partial charge in [-0.15, -0.1) is 6.42 Å². The number of Topliss-reactive ketones (excluding diaryl/α,β-unsaturated/α-hetero) is 1. The average molecular weight is 677 g/mol. The summed E-state index contributed by atoms with van der Waals surface area (Å²) in [4.78, 5) is 14.8. The van der Waals surface area contributed by atoms with Crippen LogP contribution in [-0.4, -0.2) is 26.1 Å². The molecule has 2 aliphatic carbocycles. The van der Waals surface area contributed by atoms with Gasteiger partial charge in [0.1, 0.15) is 17.4 Å². The van der Waals surface area contributed by atoms with Gasteiger partial charge in [0.25, 0.3) is 0 Å². The van der Waals surface area contributed by atoms with E-state index in [0.29, 0.717) is 42.0 Å². The molecule has 0 N–H and O–H groups in total. The van der Waals surface area contributed by atoms with Crippen molar-refractivity contribution in [3.8, 4) is 18.1 Å². The SMILES string of the molecule is C#CC1(/C(=C\C=C/C)C2=C(C(=O)[C@H](C)CS(=O)(=O)c3ccccc3)C(Cc3ccc(F)cc3F)Cc3ccc(OC(C)(F)F)cc32)CC1. The van der Waals surface area contributed by atoms with Crippen LogP contribution in [0.2, 0.25) is 0 Å². The van der Waals surface area contributed by atoms with Crippen molar-refractivity contribution in [3.63, 3.8) is 0 Å². The van der Waals surface area contributed by atoms with Crippen molar-refractivity contribution in [2.75, 3.05) is 5.75 Å². The number of hydrogen-bond donors (Lipinski definition) is 0. The van der Waals surface area contributed by atoms with Crippen LogP contribution in [-0.2, 0) is 27.5 Å². The van der Waals surface area contributed by atoms with E-state index in [2.05, 4.69) is 5.92 Å². The van der Waals surface area contributed by atoms with Gasteiger partial charge in [0.15, 0.2) is 15.6 Å². The van der Waals surface area contributed by atoms with Crippen molar-refractivity contribution >= 4 is 21.2 Å². The van der Waals surface area contributed by atoms with E-state index in [1.807, 2.05) is 6.92 Å². The zero-order valence-electron chi connectivity index (χ0n) is 26.9. The highest BCUT2D eigenvalue weighted by atomic mass is 32.2. The monoisotopic (exact) mass is 676 g/mol. The number of alkyl halides is 2. The second-order valence-electron chi connectivity index (χ2n) is 12.6. The highest BCUT2D eigenvalue weighted by Crippen LogP contribution is 2.58. The molecule has 2 atom stereocenters. The molecule has 48 heavy (non-hydrogen) atoms. The van der Waals surface area contributed by atoms with E-state index in [4.69, 9.17) is 11.2 Å². The van der Waals surface area contributed by atoms with Gasteiger partial charge < -0.3 is 4.74 Å². The lowest BCUT2D eigenvalue weighted by Crippen LogP contribution is -2.31. The second kappa shape index (κ2) is 13.6. The Balaban J connectivity index is 1.76. The number of ether oxygens (including phenoxy) is 1. The maximum absolute atomic E-state index is 15.1. The molecule has 1 saturated carbocycles. The van der Waals surface area contributed by atoms with Gasteiger partial charge in [-0.1, -0.05) is 61.4 Å². The van der Waals surface area contributed by atoms with Crippen molar-refractivity contribution in [2.24, 2.45) is 17.3 Å². The summed E-state index contributed by atoms with van der Waals surface area (Å²) in [5.41, 5.74) is 1.76. The standard InChI is InChI=1S/C39H36F4O4S/c1-5-7-13-33(39(6-2)18-19-39)36-32-23-30(47-38(4,42)43)17-15-26(32)20-28(21-27-14-16-29(40)22-34(27)41)35(36)37(44)25(3)24-48(45,46)31-11-9-8-10-12-31/h2,5,7-17,22-23,25,28H,18-21,24H2,1,3-4H3/b7-5-,33-13-/t25-,28?/m1/s1. The third-order valence-electron chi connectivity index (χ3n) is 8.82. The normalized spacial score (nSPS) is 18.3. The van der Waals surface area contributed by atoms with Crippen LogP contribution in [0.3, 0.4) is 0 Å². The fourth-order valence-electron chi connectivity index (χ4n) is 6.38. The van der Waals surface area contributed by atoms with E-state index in [0.717, 1.165) is 12.1 Å². The lowest BCUT2D eigenvalue weighted by atomic mass is 9.69. The first-order chi connectivity index (χ1) is 22.7. The molecule has 0 bridgehead atoms. The Kier molecular flexibility index (Phi) is 9.89. The largest absolute Gasteiger partial charge is 0.433 e. The Hall–Kier alpha value is -4.42. The quantitative estimate of drug-likeness (QED) is 0.109. The topological polar surface area (TPSA) is 60.4 Å². The van der Waals surface area contributed by atoms with Crippen molar-refractivity contribution in [1.29, 1.82) is 0 Å². The molecule has 0 amide bonds. The summed E-state index contributed by atoms with van der Waals surface area (Å²) in [6, 6.07) is 15.5. The highest BCUT2D eigenvalue weighted by Gasteiger charge is 2.48. The van der Waals surface area contributed by atoms with Crippen molar-refractivity contribution in [1.82, 2.24) is 0 Å². The smallest absolute Gasteiger partial charge is 0.394 e. The van der Waals surface area contributed by atoms with Crippen LogP contribution in [0.1, 0.15) is 50.3 Å². The number of sulfone groups is 1. The molecule has 3 aromatic rings. The predicted octanol–water partition coefficient (Wildman–Crippen LogP) is 8.72. The maximum atomic E-state index is 15.1. The number of benzene rings is 3. The first-order valence-electron chi connectivity index (χ1n) is 15.7. The Morgan fingerprint density at radius 2 is 1.81 bits per heavy atom. The van der Waals surface area contributed by atoms with Crippen LogP contribution in [0, 0.1) is 41.2 Å². The van der Waals surface area contributed by atoms with Gasteiger partial charge in [0.2, 0.25) is 0 Å². The average Bonchev–Trinajstić information content (AvgIpc) is 3.83. The number of fused-ring (bicyclic) bond motifs is 1. The molecular weight excluding hydrogens is 640 g/mol. The molecule has 2 aliphatic rings. The minimum Gasteiger partial charge on any atom is -0.433 e. The van der Waals surface area contributed by atoms with Crippen LogP contribution >= 0.6 is 0 Å². The molecule has 250 valence electrons. The zero-order chi connectivity index (χ0) is 34.9. The van der Waals surface area contributed by atoms with Gasteiger partial charge in [0.05, 0.1) is 16.1 Å². The first kappa shape index (κ1) is 34.9. The van der Waals surface area contributed by atoms with E-state index in [1.165, 1.54) is 37.3 Å². The molecule has 1 fully saturated rings. The molecule has 3 aromatic carbocycles. The fourth-order valence-corrected chi connectivity index (χ4v) is 7.95. The minimum absolute atomic E-state index is 0.0144. The third-order valence-corrected chi connectivity index (χ3v) is 10.8. The number of terminal acetylenes is 1. The summed E-state index contributed by atoms with van der Waals surface area (Å²) < 4.78 is 88.9. The van der Waals surface area contributed by atoms with Gasteiger partial charge in [0, 0.05) is 24.5 Å². The molecule has 9 heteroatoms. The second-order valence-corrected chi connectivity index (χ2v) is 14.6. The third kappa shape index (κ3) is 7.50. The van der Waals surface area contributed by atoms with Crippen molar-refractivity contribution in [2.45, 2.75) is 57.5 Å². The molecule has 0 aromatic heterocycles. The number of halogens is 4. The van der Waals surface area contributed by atoms with Crippen LogP contribution < -0.4 is 4.74 Å². The number of rotatable bonds is 12. The summed E-state index contributed by atoms with van der Waals surface area (Å²) in [7, 11) is -3.90. The maximum Gasteiger partial charge on any atom is 0.394 e. The number of carbonyl (C=O) groups excluding carboxylic acids is 1. The number of hydrogen-bond acceptors (Lipinski definition) is 4. The van der Waals surface area contributed by atoms with Crippen LogP contribution in [0.4, 0.5) is 17.6 Å². The zero-order valence-corrected chi connectivity index (χ0v) is 27.7. The van der Waals surface area contributed by atoms with E-state index < -0.39 is 56.4 Å². The van der Waals surface area contributed by atoms with Crippen LogP contribution in [0.5, 0.6) is 5.75 Å². The summed E-state index contributed by atoms with van der Waals surface area (Å²) in [5.74, 6) is -1.53. The Bertz CT molecular complexity index is 1960. The molecule has 0 saturated heterocycles. The highest BCUT2D eigenvalue weighted by molar-refractivity contribution is 7.91. The fraction of sp³-hybridized carbons (Fsp3) is 0.308. The lowest BCUT2D eigenvalue weighted by Gasteiger charge is -2.34. The molecule has 0 spiro atoms. The van der Waals surface area contributed by atoms with Gasteiger partial charge in [-0.25, -0.2) is 17.2 Å². The molecule has 0 aliphatic heterocycles. The number of carbonyl (C=O) groups is 1. The van der Waals surface area contributed by atoms with Crippen LogP contribution in [0.25, 0.3) is 5.57 Å². The van der Waals surface area contributed by atoms with E-state index in [9.17, 15) is 26.4 Å². The number of allylic oxidation sites excluding steroid dienone is 6. The van der Waals surface area contributed by atoms with Gasteiger partial charge in [-0.2, -0.15) is 8.78 Å². The Morgan fingerprint density at radius 3 is 2.42 bits per heavy atom. The van der Waals surface area contributed by atoms with Gasteiger partial charge in [-0.3, -0.25) is 4.79 Å². The molecule has 0 heterocycles. The van der Waals surface area contributed by atoms with Crippen LogP contribution in [0.15, 0.2) is 101 Å². The van der Waals surface area contributed by atoms with Crippen molar-refractivity contribution < 1.29 is 35.5 Å². The van der Waals surface area contributed by atoms with E-state index >= 15 is 4.39 Å². The Morgan fingerprint density at radius 1 is 1.10 bits per heavy atom. The lowest BCUT2D eigenvalue weighted by molar-refractivity contribution is -0.159. The van der Waals surface area contributed by atoms with Gasteiger partial charge >= 0.3 is 6.11 Å². The predicted molar refractivity (Wildman–Crippen MR) is 178 cm³/mol. The molecule has 0 radical (unpaired) electrons. The summed E-state index contributed by atoms with van der Waals surface area (Å²) in [6.45, 7) is 3.96. The molecular formula is C39H36F4O4S. The summed E-state index contributed by atoms with van der Waals surface area (Å²) in [5, 5.41) is 0. The van der Waals surface area contributed by atoms with Crippen molar-refractivity contribution in [3.05, 3.63) is 124 Å². The Labute approximate surface area is 279 Å². The van der Waals surface area contributed by atoms with E-state index in [1.54, 1.807) is 42.5 Å². The molecule has 1 unspecified atom stereocenters. The minimum atomic E-state index is -3.90. The number of ketones is 1. The molecule has 4 nitrogen and oxygen atoms in total. The molecule has 5 rings (SSSR count). The van der Waals surface area contributed by atoms with E-state index in [-0.39, 0.29) is 34.6 Å². The van der Waals surface area contributed by atoms with Gasteiger partial charge in [-0.05, 0) is 96.7 Å². The first-order valence-corrected chi connectivity index (χ1v) is 17.3. The summed E-state index contributed by atoms with van der Waals surface area (Å²) in [6.07, 6.45) is 9.34. The summed E-state index contributed by atoms with van der Waals surface area (Å²) >= 11 is 0.